The van der Waals surface area contributed by atoms with Gasteiger partial charge in [0.2, 0.25) is 5.60 Å². The second-order valence-corrected chi connectivity index (χ2v) is 3.69. The smallest absolute Gasteiger partial charge is 0.417 e. The van der Waals surface area contributed by atoms with Crippen LogP contribution in [0.15, 0.2) is 0 Å². The van der Waals surface area contributed by atoms with Crippen LogP contribution in [-0.2, 0) is 9.53 Å². The number of nitrogens with zero attached hydrogens (tertiary/aromatic N) is 1. The van der Waals surface area contributed by atoms with E-state index in [4.69, 9.17) is 4.74 Å². The van der Waals surface area contributed by atoms with Crippen LogP contribution in [0.3, 0.4) is 0 Å². The van der Waals surface area contributed by atoms with Crippen LogP contribution in [0.2, 0.25) is 0 Å². The van der Waals surface area contributed by atoms with E-state index in [2.05, 4.69) is 5.32 Å². The molecular weight excluding hydrogens is 184 g/mol. The molecule has 0 saturated carbocycles. The molecule has 2 aliphatic rings. The summed E-state index contributed by atoms with van der Waals surface area (Å²) in [7, 11) is 0. The van der Waals surface area contributed by atoms with Crippen LogP contribution in [-0.4, -0.2) is 42.1 Å². The Morgan fingerprint density at radius 2 is 2.36 bits per heavy atom. The van der Waals surface area contributed by atoms with Gasteiger partial charge in [-0.25, -0.2) is 9.69 Å². The molecule has 2 saturated heterocycles. The number of carbonyl (C=O) groups is 2. The molecule has 2 amide bonds. The lowest BCUT2D eigenvalue weighted by Crippen LogP contribution is -2.52. The third kappa shape index (κ3) is 1.19. The van der Waals surface area contributed by atoms with Gasteiger partial charge < -0.3 is 10.1 Å². The van der Waals surface area contributed by atoms with Crippen molar-refractivity contribution in [3.8, 4) is 0 Å². The van der Waals surface area contributed by atoms with Crippen molar-refractivity contribution < 1.29 is 14.3 Å². The van der Waals surface area contributed by atoms with E-state index in [0.717, 1.165) is 13.0 Å². The van der Waals surface area contributed by atoms with Gasteiger partial charge in [-0.15, -0.1) is 0 Å². The number of carbonyl (C=O) groups excluding carboxylic acids is 2. The van der Waals surface area contributed by atoms with Crippen LogP contribution in [0.4, 0.5) is 4.79 Å². The lowest BCUT2D eigenvalue weighted by Gasteiger charge is -2.29. The standard InChI is InChI=1S/C9H14N2O3/c1-2-11-7(12)9(14-8(11)13)4-3-5-10-6-9/h10H,2-6H2,1H3/t9-/m1/s1. The van der Waals surface area contributed by atoms with E-state index < -0.39 is 11.7 Å². The summed E-state index contributed by atoms with van der Waals surface area (Å²) in [6, 6.07) is 0. The molecule has 5 heteroatoms. The number of piperidine rings is 1. The maximum atomic E-state index is 11.9. The highest BCUT2D eigenvalue weighted by Gasteiger charge is 2.53. The first-order valence-electron chi connectivity index (χ1n) is 4.95. The molecule has 1 spiro atoms. The van der Waals surface area contributed by atoms with Gasteiger partial charge in [-0.05, 0) is 26.3 Å². The fourth-order valence-corrected chi connectivity index (χ4v) is 2.01. The minimum atomic E-state index is -0.897. The van der Waals surface area contributed by atoms with E-state index in [1.54, 1.807) is 6.92 Å². The topological polar surface area (TPSA) is 58.6 Å². The van der Waals surface area contributed by atoms with Crippen molar-refractivity contribution in [1.82, 2.24) is 10.2 Å². The van der Waals surface area contributed by atoms with E-state index in [1.807, 2.05) is 0 Å². The number of imide groups is 1. The third-order valence-electron chi connectivity index (χ3n) is 2.80. The molecule has 0 aliphatic carbocycles. The Balaban J connectivity index is 2.21. The molecule has 0 aromatic carbocycles. The zero-order chi connectivity index (χ0) is 10.2. The van der Waals surface area contributed by atoms with Gasteiger partial charge in [-0.1, -0.05) is 0 Å². The Kier molecular flexibility index (Phi) is 2.19. The molecule has 1 N–H and O–H groups in total. The first-order chi connectivity index (χ1) is 6.69. The second-order valence-electron chi connectivity index (χ2n) is 3.69. The summed E-state index contributed by atoms with van der Waals surface area (Å²) >= 11 is 0. The quantitative estimate of drug-likeness (QED) is 0.649. The molecule has 0 bridgehead atoms. The number of hydrogen-bond donors (Lipinski definition) is 1. The van der Waals surface area contributed by atoms with Crippen LogP contribution < -0.4 is 5.32 Å². The van der Waals surface area contributed by atoms with Crippen LogP contribution in [0, 0.1) is 0 Å². The average Bonchev–Trinajstić information content (AvgIpc) is 2.40. The molecular formula is C9H14N2O3. The second kappa shape index (κ2) is 3.24. The van der Waals surface area contributed by atoms with E-state index in [-0.39, 0.29) is 5.91 Å². The van der Waals surface area contributed by atoms with Gasteiger partial charge in [0, 0.05) is 13.1 Å². The first kappa shape index (κ1) is 9.45. The highest BCUT2D eigenvalue weighted by Crippen LogP contribution is 2.30. The van der Waals surface area contributed by atoms with Crippen LogP contribution in [0.25, 0.3) is 0 Å². The average molecular weight is 198 g/mol. The number of nitrogens with one attached hydrogen (secondary N) is 1. The highest BCUT2D eigenvalue weighted by molar-refractivity contribution is 6.03. The van der Waals surface area contributed by atoms with Crippen molar-refractivity contribution >= 4 is 12.0 Å². The predicted octanol–water partition coefficient (Wildman–Crippen LogP) is 0.107. The number of rotatable bonds is 1. The first-order valence-corrected chi connectivity index (χ1v) is 4.95. The number of hydrogen-bond acceptors (Lipinski definition) is 4. The fourth-order valence-electron chi connectivity index (χ4n) is 2.01. The van der Waals surface area contributed by atoms with Crippen molar-refractivity contribution in [1.29, 1.82) is 0 Å². The lowest BCUT2D eigenvalue weighted by molar-refractivity contribution is -0.138. The molecule has 0 aromatic heterocycles. The Hall–Kier alpha value is -1.10. The van der Waals surface area contributed by atoms with E-state index >= 15 is 0 Å². The SMILES string of the molecule is CCN1C(=O)O[C@@]2(CCCNC2)C1=O. The van der Waals surface area contributed by atoms with Crippen LogP contribution >= 0.6 is 0 Å². The molecule has 0 aromatic rings. The molecule has 2 heterocycles. The minimum absolute atomic E-state index is 0.183. The molecule has 0 unspecified atom stereocenters. The predicted molar refractivity (Wildman–Crippen MR) is 48.7 cm³/mol. The molecule has 14 heavy (non-hydrogen) atoms. The Morgan fingerprint density at radius 3 is 2.86 bits per heavy atom. The van der Waals surface area contributed by atoms with Crippen molar-refractivity contribution in [2.45, 2.75) is 25.4 Å². The normalized spacial score (nSPS) is 32.5. The van der Waals surface area contributed by atoms with Gasteiger partial charge in [0.25, 0.3) is 5.91 Å². The summed E-state index contributed by atoms with van der Waals surface area (Å²) in [5, 5.41) is 3.09. The molecule has 2 fully saturated rings. The Bertz CT molecular complexity index is 271. The molecule has 5 nitrogen and oxygen atoms in total. The minimum Gasteiger partial charge on any atom is -0.431 e. The molecule has 0 radical (unpaired) electrons. The van der Waals surface area contributed by atoms with E-state index in [1.165, 1.54) is 4.90 Å². The highest BCUT2D eigenvalue weighted by atomic mass is 16.6. The summed E-state index contributed by atoms with van der Waals surface area (Å²) in [5.41, 5.74) is -0.897. The van der Waals surface area contributed by atoms with Gasteiger partial charge in [-0.2, -0.15) is 0 Å². The summed E-state index contributed by atoms with van der Waals surface area (Å²) in [6.07, 6.45) is 1.01. The van der Waals surface area contributed by atoms with Crippen molar-refractivity contribution in [2.24, 2.45) is 0 Å². The number of amides is 2. The zero-order valence-corrected chi connectivity index (χ0v) is 8.21. The summed E-state index contributed by atoms with van der Waals surface area (Å²) < 4.78 is 5.18. The van der Waals surface area contributed by atoms with Gasteiger partial charge in [0.05, 0.1) is 0 Å². The zero-order valence-electron chi connectivity index (χ0n) is 8.21. The molecule has 78 valence electrons. The van der Waals surface area contributed by atoms with E-state index in [0.29, 0.717) is 19.5 Å². The maximum absolute atomic E-state index is 11.9. The van der Waals surface area contributed by atoms with Crippen molar-refractivity contribution in [2.75, 3.05) is 19.6 Å². The Labute approximate surface area is 82.4 Å². The Morgan fingerprint density at radius 1 is 1.57 bits per heavy atom. The largest absolute Gasteiger partial charge is 0.431 e. The third-order valence-corrected chi connectivity index (χ3v) is 2.80. The fraction of sp³-hybridized carbons (Fsp3) is 0.778. The summed E-state index contributed by atoms with van der Waals surface area (Å²) in [6.45, 7) is 3.50. The summed E-state index contributed by atoms with van der Waals surface area (Å²) in [5.74, 6) is -0.183. The molecule has 1 atom stereocenters. The maximum Gasteiger partial charge on any atom is 0.417 e. The van der Waals surface area contributed by atoms with Gasteiger partial charge in [0.15, 0.2) is 0 Å². The lowest BCUT2D eigenvalue weighted by atomic mass is 9.93. The number of ether oxygens (including phenoxy) is 1. The van der Waals surface area contributed by atoms with Crippen molar-refractivity contribution in [3.05, 3.63) is 0 Å². The van der Waals surface area contributed by atoms with E-state index in [9.17, 15) is 9.59 Å². The van der Waals surface area contributed by atoms with Gasteiger partial charge in [-0.3, -0.25) is 4.79 Å². The molecule has 2 aliphatic heterocycles. The monoisotopic (exact) mass is 198 g/mol. The van der Waals surface area contributed by atoms with Crippen molar-refractivity contribution in [3.63, 3.8) is 0 Å². The summed E-state index contributed by atoms with van der Waals surface area (Å²) in [4.78, 5) is 24.4. The van der Waals surface area contributed by atoms with Crippen LogP contribution in [0.5, 0.6) is 0 Å². The van der Waals surface area contributed by atoms with Crippen LogP contribution in [0.1, 0.15) is 19.8 Å². The van der Waals surface area contributed by atoms with Gasteiger partial charge >= 0.3 is 6.09 Å². The molecule has 2 rings (SSSR count). The number of likely N-dealkylation sites (N-methyl/N-ethyl adjacent to an activating group) is 1. The van der Waals surface area contributed by atoms with Gasteiger partial charge in [0.1, 0.15) is 0 Å².